The summed E-state index contributed by atoms with van der Waals surface area (Å²) in [5, 5.41) is 4.58. The molecule has 30 heavy (non-hydrogen) atoms. The molecule has 1 heterocycles. The van der Waals surface area contributed by atoms with E-state index in [2.05, 4.69) is 5.11 Å². The van der Waals surface area contributed by atoms with Crippen molar-refractivity contribution in [1.82, 2.24) is 0 Å². The van der Waals surface area contributed by atoms with Gasteiger partial charge in [0.25, 0.3) is 0 Å². The Hall–Kier alpha value is -1.62. The van der Waals surface area contributed by atoms with E-state index < -0.39 is 90.7 Å². The third-order valence-corrected chi connectivity index (χ3v) is 6.13. The van der Waals surface area contributed by atoms with Crippen molar-refractivity contribution in [1.29, 1.82) is 1.43 Å². The number of cyclic esters (lactones) is 1. The first kappa shape index (κ1) is 12.4. The molecule has 1 N–H and O–H groups in total. The van der Waals surface area contributed by atoms with Crippen LogP contribution in [0.4, 0.5) is 0 Å². The summed E-state index contributed by atoms with van der Waals surface area (Å²) in [7, 11) is 0. The van der Waals surface area contributed by atoms with Gasteiger partial charge in [0.2, 0.25) is 1.43 Å². The van der Waals surface area contributed by atoms with Crippen molar-refractivity contribution in [3.63, 3.8) is 0 Å². The number of fused-ring (bicyclic) bond motifs is 1. The Morgan fingerprint density at radius 3 is 3.03 bits per heavy atom. The molecule has 5 heteroatoms. The zero-order valence-electron chi connectivity index (χ0n) is 29.0. The molecular weight excluding hydrogens is 380 g/mol. The maximum Gasteiger partial charge on any atom is 0.311 e. The highest BCUT2D eigenvalue weighted by atomic mass is 16.6. The zero-order valence-corrected chi connectivity index (χ0v) is 18.0. The molecule has 3 aliphatic rings. The van der Waals surface area contributed by atoms with Crippen LogP contribution in [0.25, 0.3) is 0 Å². The van der Waals surface area contributed by atoms with Crippen molar-refractivity contribution in [3.05, 3.63) is 23.7 Å². The molecule has 0 amide bonds. The standard InChI is InChI=1S/C25H38O5/c1-6-25(4,5)24(28)30-21-12-15(2)11-17-8-7-16(3)20(23(17)21)10-9-19-13-18(26)14-22(27)29-19/h7-8,11,15-16,18-21,23,26H,6,9-10,12-14H2,1-5H3/t15-,16-,18+,19?,20-,21?,23-/m0/s1/i4D3,7D,8D,11D,12D2,15D,16D,26D/t15-,16-,18+,19?,20-,21?,23-,25?. The molecule has 0 bridgehead atoms. The molecule has 3 rings (SSSR count). The molecule has 3 unspecified atom stereocenters. The Labute approximate surface area is 196 Å². The van der Waals surface area contributed by atoms with Crippen LogP contribution in [0, 0.1) is 29.0 Å². The van der Waals surface area contributed by atoms with Crippen LogP contribution in [0.2, 0.25) is 0 Å². The highest BCUT2D eigenvalue weighted by Gasteiger charge is 2.43. The minimum Gasteiger partial charge on any atom is -0.462 e. The summed E-state index contributed by atoms with van der Waals surface area (Å²) in [5.74, 6) is -8.40. The average molecular weight is 430 g/mol. The molecule has 2 aliphatic carbocycles. The van der Waals surface area contributed by atoms with E-state index in [1.807, 2.05) is 0 Å². The fourth-order valence-electron chi connectivity index (χ4n) is 4.11. The number of carbonyl (C=O) groups is 2. The van der Waals surface area contributed by atoms with Crippen LogP contribution in [0.5, 0.6) is 0 Å². The molecular formula is C25H38O5. The SMILES string of the molecule is [2H]O[C@H]1CC(=O)OC(CC[C@@H]2[C@@H]3C(=C([2H])[C@]([2H])(C)C([2H])([2H])C3OC(=O)C(C)(CC)C([2H])([2H])[2H])C([2H])=C([2H])[C@]2([2H])C)C1. The normalized spacial score (nSPS) is 51.4. The van der Waals surface area contributed by atoms with Gasteiger partial charge in [-0.05, 0) is 62.7 Å². The highest BCUT2D eigenvalue weighted by molar-refractivity contribution is 5.76. The number of allylic oxidation sites excluding steroid dienone is 3. The van der Waals surface area contributed by atoms with Crippen LogP contribution in [0.1, 0.15) is 86.7 Å². The van der Waals surface area contributed by atoms with Gasteiger partial charge in [0.1, 0.15) is 12.2 Å². The van der Waals surface area contributed by atoms with Crippen LogP contribution < -0.4 is 0 Å². The second kappa shape index (κ2) is 9.25. The summed E-state index contributed by atoms with van der Waals surface area (Å²) in [6.07, 6.45) is -6.01. The number of carbonyl (C=O) groups excluding carboxylic acids is 2. The van der Waals surface area contributed by atoms with Crippen LogP contribution in [0.3, 0.4) is 0 Å². The van der Waals surface area contributed by atoms with Crippen molar-refractivity contribution < 1.29 is 37.9 Å². The first-order valence-corrected chi connectivity index (χ1v) is 10.5. The van der Waals surface area contributed by atoms with E-state index in [-0.39, 0.29) is 37.7 Å². The van der Waals surface area contributed by atoms with Gasteiger partial charge in [-0.2, -0.15) is 0 Å². The maximum atomic E-state index is 13.5. The lowest BCUT2D eigenvalue weighted by molar-refractivity contribution is -0.166. The second-order valence-electron chi connectivity index (χ2n) is 8.64. The number of hydrogen-bond donors (Lipinski definition) is 1. The average Bonchev–Trinajstić information content (AvgIpc) is 2.86. The van der Waals surface area contributed by atoms with Crippen molar-refractivity contribution in [2.45, 2.75) is 91.3 Å². The monoisotopic (exact) mass is 429 g/mol. The Morgan fingerprint density at radius 1 is 1.53 bits per heavy atom. The summed E-state index contributed by atoms with van der Waals surface area (Å²) in [6, 6.07) is -1.59. The van der Waals surface area contributed by atoms with E-state index in [1.54, 1.807) is 0 Å². The number of aliphatic hydroxyl groups excluding tert-OH is 1. The van der Waals surface area contributed by atoms with Crippen LogP contribution >= 0.6 is 0 Å². The predicted octanol–water partition coefficient (Wildman–Crippen LogP) is 4.59. The van der Waals surface area contributed by atoms with Gasteiger partial charge >= 0.3 is 11.9 Å². The van der Waals surface area contributed by atoms with E-state index in [1.165, 1.54) is 20.8 Å². The Bertz CT molecular complexity index is 1130. The van der Waals surface area contributed by atoms with E-state index >= 15 is 0 Å². The number of rotatable bonds is 7. The molecule has 0 aromatic rings. The number of ether oxygens (including phenoxy) is 2. The maximum absolute atomic E-state index is 13.5. The number of hydrogen-bond acceptors (Lipinski definition) is 5. The lowest BCUT2D eigenvalue weighted by Crippen LogP contribution is -2.43. The molecule has 0 spiro atoms. The minimum atomic E-state index is -2.81. The largest absolute Gasteiger partial charge is 0.462 e. The van der Waals surface area contributed by atoms with Crippen LogP contribution in [0.15, 0.2) is 23.7 Å². The molecule has 0 aromatic carbocycles. The van der Waals surface area contributed by atoms with Gasteiger partial charge in [0, 0.05) is 21.9 Å². The Morgan fingerprint density at radius 2 is 2.33 bits per heavy atom. The van der Waals surface area contributed by atoms with E-state index in [0.717, 1.165) is 6.92 Å². The van der Waals surface area contributed by atoms with Crippen molar-refractivity contribution in [2.24, 2.45) is 29.0 Å². The van der Waals surface area contributed by atoms with Gasteiger partial charge < -0.3 is 14.6 Å². The van der Waals surface area contributed by atoms with Gasteiger partial charge in [-0.3, -0.25) is 9.59 Å². The lowest BCUT2D eigenvalue weighted by atomic mass is 9.65. The minimum absolute atomic E-state index is 0.00291. The van der Waals surface area contributed by atoms with Crippen molar-refractivity contribution >= 4 is 11.9 Å². The molecule has 1 saturated heterocycles. The summed E-state index contributed by atoms with van der Waals surface area (Å²) in [6.45, 7) is 2.31. The van der Waals surface area contributed by atoms with E-state index in [9.17, 15) is 9.59 Å². The molecule has 8 atom stereocenters. The molecule has 1 aliphatic heterocycles. The smallest absolute Gasteiger partial charge is 0.311 e. The van der Waals surface area contributed by atoms with Gasteiger partial charge in [0.05, 0.1) is 22.1 Å². The predicted molar refractivity (Wildman–Crippen MR) is 115 cm³/mol. The quantitative estimate of drug-likeness (QED) is 0.600. The van der Waals surface area contributed by atoms with Crippen molar-refractivity contribution in [2.75, 3.05) is 0 Å². The summed E-state index contributed by atoms with van der Waals surface area (Å²) < 4.78 is 104. The van der Waals surface area contributed by atoms with Gasteiger partial charge in [-0.15, -0.1) is 0 Å². The third kappa shape index (κ3) is 5.16. The molecule has 0 aromatic heterocycles. The first-order chi connectivity index (χ1) is 18.6. The molecule has 0 radical (unpaired) electrons. The zero-order chi connectivity index (χ0) is 31.5. The molecule has 0 saturated carbocycles. The summed E-state index contributed by atoms with van der Waals surface area (Å²) in [4.78, 5) is 25.5. The Balaban J connectivity index is 2.16. The van der Waals surface area contributed by atoms with Crippen LogP contribution in [-0.2, 0) is 19.1 Å². The van der Waals surface area contributed by atoms with Gasteiger partial charge in [0.15, 0.2) is 0 Å². The Kier molecular flexibility index (Phi) is 3.83. The fourth-order valence-corrected chi connectivity index (χ4v) is 4.11. The van der Waals surface area contributed by atoms with Crippen molar-refractivity contribution in [3.8, 4) is 0 Å². The second-order valence-corrected chi connectivity index (χ2v) is 8.64. The number of esters is 2. The van der Waals surface area contributed by atoms with Crippen LogP contribution in [-0.4, -0.2) is 36.8 Å². The summed E-state index contributed by atoms with van der Waals surface area (Å²) >= 11 is 0. The van der Waals surface area contributed by atoms with E-state index in [0.29, 0.717) is 0 Å². The van der Waals surface area contributed by atoms with E-state index in [4.69, 9.17) is 24.6 Å². The lowest BCUT2D eigenvalue weighted by Gasteiger charge is -2.44. The van der Waals surface area contributed by atoms with Gasteiger partial charge in [-0.25, -0.2) is 0 Å². The highest BCUT2D eigenvalue weighted by Crippen LogP contribution is 2.45. The molecule has 168 valence electrons. The molecule has 1 fully saturated rings. The first-order valence-electron chi connectivity index (χ1n) is 15.9. The summed E-state index contributed by atoms with van der Waals surface area (Å²) in [5.41, 5.74) is -2.22. The number of aliphatic hydroxyl groups is 1. The topological polar surface area (TPSA) is 72.8 Å². The third-order valence-electron chi connectivity index (χ3n) is 6.13. The van der Waals surface area contributed by atoms with Gasteiger partial charge in [-0.1, -0.05) is 38.9 Å². The fraction of sp³-hybridized carbons (Fsp3) is 0.760. The molecule has 5 nitrogen and oxygen atoms in total.